The Morgan fingerprint density at radius 1 is 1.48 bits per heavy atom. The average Bonchev–Trinajstić information content (AvgIpc) is 3.00. The number of aromatic nitrogens is 1. The second-order valence-corrected chi connectivity index (χ2v) is 8.55. The molecule has 0 saturated heterocycles. The maximum Gasteiger partial charge on any atom is 0.305 e. The summed E-state index contributed by atoms with van der Waals surface area (Å²) in [4.78, 5) is 15.4. The molecule has 0 bridgehead atoms. The highest BCUT2D eigenvalue weighted by Crippen LogP contribution is 2.30. The summed E-state index contributed by atoms with van der Waals surface area (Å²) in [5.74, 6) is -0.409. The second kappa shape index (κ2) is 7.23. The molecule has 0 amide bonds. The predicted octanol–water partition coefficient (Wildman–Crippen LogP) is 3.28. The van der Waals surface area contributed by atoms with E-state index in [0.717, 1.165) is 10.2 Å². The van der Waals surface area contributed by atoms with E-state index >= 15 is 0 Å². The predicted molar refractivity (Wildman–Crippen MR) is 92.2 cm³/mol. The summed E-state index contributed by atoms with van der Waals surface area (Å²) >= 11 is 1.46. The molecule has 5 nitrogen and oxygen atoms in total. The molecule has 2 unspecified atom stereocenters. The van der Waals surface area contributed by atoms with Crippen LogP contribution in [-0.4, -0.2) is 31.2 Å². The fourth-order valence-electron chi connectivity index (χ4n) is 2.17. The van der Waals surface area contributed by atoms with E-state index < -0.39 is 26.3 Å². The van der Waals surface area contributed by atoms with Gasteiger partial charge in [-0.3, -0.25) is 4.79 Å². The van der Waals surface area contributed by atoms with Crippen molar-refractivity contribution in [3.05, 3.63) is 41.9 Å². The van der Waals surface area contributed by atoms with Gasteiger partial charge in [-0.1, -0.05) is 19.1 Å². The number of rotatable bonds is 7. The van der Waals surface area contributed by atoms with Gasteiger partial charge >= 0.3 is 5.97 Å². The number of sulfone groups is 1. The van der Waals surface area contributed by atoms with Crippen LogP contribution < -0.4 is 0 Å². The monoisotopic (exact) mass is 353 g/mol. The van der Waals surface area contributed by atoms with Crippen molar-refractivity contribution in [1.29, 1.82) is 0 Å². The standard InChI is InChI=1S/C16H19NO4S2/c1-4-15(12-6-7-13-14(8-12)22-10-17-13)23(19,20)11(3)9-21-16(18)5-2/h4,6-8,10-11,15H,1,5,9H2,2-3H3. The molecule has 2 atom stereocenters. The summed E-state index contributed by atoms with van der Waals surface area (Å²) in [5.41, 5.74) is 3.20. The van der Waals surface area contributed by atoms with Crippen LogP contribution in [0.1, 0.15) is 31.1 Å². The molecule has 1 aromatic carbocycles. The number of ether oxygens (including phenoxy) is 1. The van der Waals surface area contributed by atoms with Crippen LogP contribution in [0.2, 0.25) is 0 Å². The minimum Gasteiger partial charge on any atom is -0.464 e. The minimum atomic E-state index is -3.57. The number of carbonyl (C=O) groups excluding carboxylic acids is 1. The summed E-state index contributed by atoms with van der Waals surface area (Å²) in [6, 6.07) is 5.37. The van der Waals surface area contributed by atoms with E-state index in [4.69, 9.17) is 4.74 Å². The molecule has 7 heteroatoms. The number of hydrogen-bond acceptors (Lipinski definition) is 6. The average molecular weight is 353 g/mol. The Hall–Kier alpha value is -1.73. The number of thiazole rings is 1. The fraction of sp³-hybridized carbons (Fsp3) is 0.375. The summed E-state index contributed by atoms with van der Waals surface area (Å²) in [7, 11) is -3.57. The summed E-state index contributed by atoms with van der Waals surface area (Å²) in [6.07, 6.45) is 1.63. The SMILES string of the molecule is C=CC(c1ccc2ncsc2c1)S(=O)(=O)C(C)COC(=O)CC. The Morgan fingerprint density at radius 2 is 2.22 bits per heavy atom. The molecule has 2 rings (SSSR count). The van der Waals surface area contributed by atoms with E-state index in [1.54, 1.807) is 31.5 Å². The molecule has 1 heterocycles. The van der Waals surface area contributed by atoms with Crippen molar-refractivity contribution in [2.45, 2.75) is 30.8 Å². The molecule has 2 aromatic rings. The number of benzene rings is 1. The zero-order chi connectivity index (χ0) is 17.0. The molecule has 0 N–H and O–H groups in total. The topological polar surface area (TPSA) is 73.3 Å². The van der Waals surface area contributed by atoms with Gasteiger partial charge in [0.25, 0.3) is 0 Å². The van der Waals surface area contributed by atoms with E-state index in [-0.39, 0.29) is 13.0 Å². The lowest BCUT2D eigenvalue weighted by molar-refractivity contribution is -0.143. The van der Waals surface area contributed by atoms with Crippen LogP contribution in [0.15, 0.2) is 36.4 Å². The Bertz CT molecular complexity index is 810. The first kappa shape index (κ1) is 17.6. The van der Waals surface area contributed by atoms with Crippen molar-refractivity contribution >= 4 is 37.4 Å². The normalized spacial score (nSPS) is 14.3. The Kier molecular flexibility index (Phi) is 5.54. The molecule has 0 fully saturated rings. The van der Waals surface area contributed by atoms with Gasteiger partial charge in [-0.25, -0.2) is 13.4 Å². The Balaban J connectivity index is 2.26. The van der Waals surface area contributed by atoms with Gasteiger partial charge in [-0.2, -0.15) is 0 Å². The van der Waals surface area contributed by atoms with Crippen molar-refractivity contribution in [3.63, 3.8) is 0 Å². The molecule has 0 radical (unpaired) electrons. The smallest absolute Gasteiger partial charge is 0.305 e. The van der Waals surface area contributed by atoms with Gasteiger partial charge in [0.05, 0.1) is 21.0 Å². The van der Waals surface area contributed by atoms with Crippen LogP contribution in [0.4, 0.5) is 0 Å². The number of nitrogens with zero attached hydrogens (tertiary/aromatic N) is 1. The second-order valence-electron chi connectivity index (χ2n) is 5.17. The van der Waals surface area contributed by atoms with Crippen LogP contribution in [0, 0.1) is 0 Å². The van der Waals surface area contributed by atoms with Gasteiger partial charge in [0.2, 0.25) is 0 Å². The third kappa shape index (κ3) is 3.79. The molecular weight excluding hydrogens is 334 g/mol. The molecule has 0 aliphatic rings. The fourth-order valence-corrected chi connectivity index (χ4v) is 4.44. The first-order valence-corrected chi connectivity index (χ1v) is 9.73. The van der Waals surface area contributed by atoms with E-state index in [0.29, 0.717) is 5.56 Å². The van der Waals surface area contributed by atoms with Crippen LogP contribution in [0.25, 0.3) is 10.2 Å². The maximum atomic E-state index is 12.8. The first-order chi connectivity index (χ1) is 10.9. The van der Waals surface area contributed by atoms with E-state index in [1.165, 1.54) is 17.4 Å². The van der Waals surface area contributed by atoms with Crippen molar-refractivity contribution in [1.82, 2.24) is 4.98 Å². The lowest BCUT2D eigenvalue weighted by Crippen LogP contribution is -2.28. The van der Waals surface area contributed by atoms with Gasteiger partial charge in [0, 0.05) is 6.42 Å². The summed E-state index contributed by atoms with van der Waals surface area (Å²) in [5, 5.41) is -1.65. The van der Waals surface area contributed by atoms with Crippen LogP contribution >= 0.6 is 11.3 Å². The third-order valence-electron chi connectivity index (χ3n) is 3.58. The summed E-state index contributed by atoms with van der Waals surface area (Å²) in [6.45, 7) is 6.72. The number of hydrogen-bond donors (Lipinski definition) is 0. The highest BCUT2D eigenvalue weighted by Gasteiger charge is 2.31. The van der Waals surface area contributed by atoms with E-state index in [1.807, 2.05) is 6.07 Å². The molecule has 0 aliphatic carbocycles. The van der Waals surface area contributed by atoms with Gasteiger partial charge in [0.1, 0.15) is 11.9 Å². The van der Waals surface area contributed by atoms with Gasteiger partial charge in [-0.15, -0.1) is 17.9 Å². The van der Waals surface area contributed by atoms with E-state index in [2.05, 4.69) is 11.6 Å². The van der Waals surface area contributed by atoms with Crippen LogP contribution in [-0.2, 0) is 19.4 Å². The first-order valence-electron chi connectivity index (χ1n) is 7.24. The lowest BCUT2D eigenvalue weighted by Gasteiger charge is -2.19. The zero-order valence-corrected chi connectivity index (χ0v) is 14.7. The maximum absolute atomic E-state index is 12.8. The largest absolute Gasteiger partial charge is 0.464 e. The molecule has 1 aromatic heterocycles. The number of carbonyl (C=O) groups is 1. The van der Waals surface area contributed by atoms with Gasteiger partial charge < -0.3 is 4.74 Å². The molecule has 23 heavy (non-hydrogen) atoms. The number of fused-ring (bicyclic) bond motifs is 1. The Morgan fingerprint density at radius 3 is 2.87 bits per heavy atom. The van der Waals surface area contributed by atoms with Crippen LogP contribution in [0.5, 0.6) is 0 Å². The van der Waals surface area contributed by atoms with E-state index in [9.17, 15) is 13.2 Å². The van der Waals surface area contributed by atoms with Crippen LogP contribution in [0.3, 0.4) is 0 Å². The lowest BCUT2D eigenvalue weighted by atomic mass is 10.1. The molecule has 0 saturated carbocycles. The minimum absolute atomic E-state index is 0.151. The van der Waals surface area contributed by atoms with Crippen molar-refractivity contribution < 1.29 is 17.9 Å². The van der Waals surface area contributed by atoms with Crippen molar-refractivity contribution in [2.24, 2.45) is 0 Å². The molecular formula is C16H19NO4S2. The highest BCUT2D eigenvalue weighted by molar-refractivity contribution is 7.92. The van der Waals surface area contributed by atoms with Gasteiger partial charge in [0.15, 0.2) is 9.84 Å². The van der Waals surface area contributed by atoms with Crippen molar-refractivity contribution in [2.75, 3.05) is 6.61 Å². The zero-order valence-electron chi connectivity index (χ0n) is 13.1. The molecule has 124 valence electrons. The quantitative estimate of drug-likeness (QED) is 0.564. The van der Waals surface area contributed by atoms with Crippen molar-refractivity contribution in [3.8, 4) is 0 Å². The molecule has 0 aliphatic heterocycles. The number of esters is 1. The molecule has 0 spiro atoms. The van der Waals surface area contributed by atoms with Gasteiger partial charge in [-0.05, 0) is 24.6 Å². The summed E-state index contributed by atoms with van der Waals surface area (Å²) < 4.78 is 31.4. The Labute approximate surface area is 139 Å². The highest BCUT2D eigenvalue weighted by atomic mass is 32.2. The third-order valence-corrected chi connectivity index (χ3v) is 6.80.